The summed E-state index contributed by atoms with van der Waals surface area (Å²) in [5, 5.41) is 29.1. The Balaban J connectivity index is 5.80. The van der Waals surface area contributed by atoms with Crippen LogP contribution in [0.25, 0.3) is 0 Å². The van der Waals surface area contributed by atoms with E-state index < -0.39 is 65.9 Å². The van der Waals surface area contributed by atoms with Gasteiger partial charge in [0, 0.05) is 18.8 Å². The lowest BCUT2D eigenvalue weighted by molar-refractivity contribution is -0.142. The second kappa shape index (κ2) is 22.6. The minimum atomic E-state index is -1.31. The predicted octanol–water partition coefficient (Wildman–Crippen LogP) is -5.12. The van der Waals surface area contributed by atoms with Gasteiger partial charge in [-0.3, -0.25) is 29.2 Å². The van der Waals surface area contributed by atoms with Crippen LogP contribution in [0.15, 0.2) is 9.98 Å². The molecule has 6 atom stereocenters. The molecule has 0 saturated carbocycles. The summed E-state index contributed by atoms with van der Waals surface area (Å²) in [5.74, 6) is -4.94. The van der Waals surface area contributed by atoms with E-state index >= 15 is 0 Å². The maximum atomic E-state index is 13.3. The van der Waals surface area contributed by atoms with Crippen LogP contribution < -0.4 is 55.7 Å². The molecule has 19 nitrogen and oxygen atoms in total. The zero-order valence-corrected chi connectivity index (χ0v) is 26.4. The number of aliphatic hydroxyl groups is 1. The van der Waals surface area contributed by atoms with Gasteiger partial charge in [0.05, 0.1) is 6.10 Å². The van der Waals surface area contributed by atoms with Crippen molar-refractivity contribution >= 4 is 54.1 Å². The molecule has 18 N–H and O–H groups in total. The molecule has 0 aromatic heterocycles. The first kappa shape index (κ1) is 41.1. The van der Waals surface area contributed by atoms with Crippen molar-refractivity contribution in [3.8, 4) is 0 Å². The zero-order valence-electron chi connectivity index (χ0n) is 25.5. The number of aliphatic carboxylic acids is 1. The molecule has 0 rings (SSSR count). The van der Waals surface area contributed by atoms with Crippen molar-refractivity contribution in [3.05, 3.63) is 0 Å². The minimum Gasteiger partial charge on any atom is -0.480 e. The van der Waals surface area contributed by atoms with Crippen LogP contribution >= 0.6 is 12.6 Å². The van der Waals surface area contributed by atoms with Crippen molar-refractivity contribution in [1.82, 2.24) is 21.3 Å². The fourth-order valence-corrected chi connectivity index (χ4v) is 4.05. The molecule has 258 valence electrons. The Labute approximate surface area is 267 Å². The number of hydrogen-bond acceptors (Lipinski definition) is 11. The molecule has 0 aromatic rings. The molecule has 0 unspecified atom stereocenters. The summed E-state index contributed by atoms with van der Waals surface area (Å²) in [6.45, 7) is 1.94. The fraction of sp³-hybridized carbons (Fsp3) is 0.720. The average Bonchev–Trinajstić information content (AvgIpc) is 2.96. The molecule has 0 saturated heterocycles. The third kappa shape index (κ3) is 17.9. The average molecular weight is 663 g/mol. The molecule has 0 radical (unpaired) electrons. The number of nitrogens with zero attached hydrogens (tertiary/aromatic N) is 2. The molecule has 20 heteroatoms. The van der Waals surface area contributed by atoms with Crippen molar-refractivity contribution in [2.45, 2.75) is 88.2 Å². The number of carboxylic acid groups (broad SMARTS) is 1. The number of aliphatic hydroxyl groups excluding tert-OH is 1. The Morgan fingerprint density at radius 3 is 1.51 bits per heavy atom. The van der Waals surface area contributed by atoms with Crippen molar-refractivity contribution in [2.24, 2.45) is 44.4 Å². The van der Waals surface area contributed by atoms with Gasteiger partial charge in [0.25, 0.3) is 0 Å². The second-order valence-electron chi connectivity index (χ2n) is 10.2. The van der Waals surface area contributed by atoms with Crippen molar-refractivity contribution < 1.29 is 34.2 Å². The first-order valence-electron chi connectivity index (χ1n) is 14.4. The van der Waals surface area contributed by atoms with Gasteiger partial charge in [-0.15, -0.1) is 0 Å². The minimum absolute atomic E-state index is 0.00451. The molecule has 0 aliphatic heterocycles. The zero-order chi connectivity index (χ0) is 34.5. The van der Waals surface area contributed by atoms with E-state index in [0.717, 1.165) is 0 Å². The van der Waals surface area contributed by atoms with E-state index in [2.05, 4.69) is 43.9 Å². The van der Waals surface area contributed by atoms with Gasteiger partial charge < -0.3 is 65.9 Å². The van der Waals surface area contributed by atoms with Crippen LogP contribution in [0.4, 0.5) is 0 Å². The summed E-state index contributed by atoms with van der Waals surface area (Å²) < 4.78 is 0. The van der Waals surface area contributed by atoms with Gasteiger partial charge in [0.2, 0.25) is 23.6 Å². The molecule has 0 bridgehead atoms. The Bertz CT molecular complexity index is 1020. The van der Waals surface area contributed by atoms with Gasteiger partial charge in [-0.25, -0.2) is 4.79 Å². The second-order valence-corrected chi connectivity index (χ2v) is 10.6. The number of amides is 4. The lowest BCUT2D eigenvalue weighted by atomic mass is 10.0. The summed E-state index contributed by atoms with van der Waals surface area (Å²) in [5.41, 5.74) is 32.5. The number of hydrogen-bond donors (Lipinski definition) is 13. The van der Waals surface area contributed by atoms with E-state index in [4.69, 9.17) is 34.4 Å². The van der Waals surface area contributed by atoms with Crippen LogP contribution in [0.2, 0.25) is 0 Å². The third-order valence-corrected chi connectivity index (χ3v) is 6.72. The predicted molar refractivity (Wildman–Crippen MR) is 172 cm³/mol. The number of rotatable bonds is 23. The standard InChI is InChI=1S/C25H50N12O7S/c1-13(38)18(27)22(42)35-14(6-2-3-9-26)19(39)34-15(7-4-10-32-24(28)29)20(40)37-17(12-45)21(41)36-16(23(43)44)8-5-11-33-25(30)31/h13-18,38,45H,2-12,26-27H2,1H3,(H,34,39)(H,35,42)(H,36,41)(H,37,40)(H,43,44)(H4,28,29,32)(H4,30,31,33)/t13-,14-,15+,16+,17-,18+/m1/s1. The van der Waals surface area contributed by atoms with Crippen LogP contribution in [0, 0.1) is 0 Å². The lowest BCUT2D eigenvalue weighted by Gasteiger charge is -2.26. The summed E-state index contributed by atoms with van der Waals surface area (Å²) in [4.78, 5) is 71.4. The van der Waals surface area contributed by atoms with Crippen molar-refractivity contribution in [2.75, 3.05) is 25.4 Å². The van der Waals surface area contributed by atoms with Gasteiger partial charge in [0.15, 0.2) is 11.9 Å². The van der Waals surface area contributed by atoms with Gasteiger partial charge >= 0.3 is 5.97 Å². The summed E-state index contributed by atoms with van der Waals surface area (Å²) in [6.07, 6.45) is 0.497. The number of unbranched alkanes of at least 4 members (excludes halogenated alkanes) is 1. The molecule has 0 heterocycles. The molecule has 4 amide bonds. The van der Waals surface area contributed by atoms with Gasteiger partial charge in [-0.05, 0) is 58.4 Å². The Kier molecular flexibility index (Phi) is 20.7. The molecule has 0 aromatic carbocycles. The largest absolute Gasteiger partial charge is 0.480 e. The molecule has 0 aliphatic rings. The number of carboxylic acids is 1. The highest BCUT2D eigenvalue weighted by Gasteiger charge is 2.31. The van der Waals surface area contributed by atoms with Crippen LogP contribution in [0.1, 0.15) is 51.9 Å². The van der Waals surface area contributed by atoms with Gasteiger partial charge in [-0.2, -0.15) is 12.6 Å². The van der Waals surface area contributed by atoms with E-state index in [1.807, 2.05) is 0 Å². The van der Waals surface area contributed by atoms with Crippen LogP contribution in [-0.2, 0) is 24.0 Å². The molecule has 0 fully saturated rings. The number of carbonyl (C=O) groups is 5. The number of thiol groups is 1. The maximum Gasteiger partial charge on any atom is 0.326 e. The normalized spacial score (nSPS) is 14.8. The van der Waals surface area contributed by atoms with Crippen molar-refractivity contribution in [3.63, 3.8) is 0 Å². The summed E-state index contributed by atoms with van der Waals surface area (Å²) >= 11 is 4.12. The molecular formula is C25H50N12O7S. The van der Waals surface area contributed by atoms with E-state index in [1.165, 1.54) is 6.92 Å². The molecule has 0 spiro atoms. The quantitative estimate of drug-likeness (QED) is 0.0211. The third-order valence-electron chi connectivity index (χ3n) is 6.36. The van der Waals surface area contributed by atoms with E-state index in [1.54, 1.807) is 0 Å². The smallest absolute Gasteiger partial charge is 0.326 e. The van der Waals surface area contributed by atoms with E-state index in [-0.39, 0.29) is 62.9 Å². The Morgan fingerprint density at radius 2 is 1.09 bits per heavy atom. The topological polar surface area (TPSA) is 355 Å². The number of guanidine groups is 2. The van der Waals surface area contributed by atoms with E-state index in [9.17, 15) is 34.2 Å². The first-order valence-corrected chi connectivity index (χ1v) is 15.1. The Morgan fingerprint density at radius 1 is 0.689 bits per heavy atom. The van der Waals surface area contributed by atoms with E-state index in [0.29, 0.717) is 19.4 Å². The summed E-state index contributed by atoms with van der Waals surface area (Å²) in [7, 11) is 0. The SMILES string of the molecule is C[C@@H](O)[C@H](N)C(=O)N[C@H](CCCCN)C(=O)N[C@@H](CCCN=C(N)N)C(=O)N[C@H](CS)C(=O)N[C@@H](CCCN=C(N)N)C(=O)O. The monoisotopic (exact) mass is 662 g/mol. The highest BCUT2D eigenvalue weighted by atomic mass is 32.1. The highest BCUT2D eigenvalue weighted by molar-refractivity contribution is 7.80. The molecular weight excluding hydrogens is 612 g/mol. The fourth-order valence-electron chi connectivity index (χ4n) is 3.79. The first-order chi connectivity index (χ1) is 21.1. The Hall–Kier alpha value is -3.88. The highest BCUT2D eigenvalue weighted by Crippen LogP contribution is 2.07. The van der Waals surface area contributed by atoms with Gasteiger partial charge in [-0.1, -0.05) is 0 Å². The number of aliphatic imine (C=N–C) groups is 2. The molecule has 0 aliphatic carbocycles. The lowest BCUT2D eigenvalue weighted by Crippen LogP contribution is -2.59. The van der Waals surface area contributed by atoms with Crippen molar-refractivity contribution in [1.29, 1.82) is 0 Å². The number of nitrogens with two attached hydrogens (primary N) is 6. The number of carbonyl (C=O) groups excluding carboxylic acids is 4. The maximum absolute atomic E-state index is 13.3. The summed E-state index contributed by atoms with van der Waals surface area (Å²) in [6, 6.07) is -6.23. The van der Waals surface area contributed by atoms with Gasteiger partial charge in [0.1, 0.15) is 30.2 Å². The van der Waals surface area contributed by atoms with Crippen LogP contribution in [0.5, 0.6) is 0 Å². The van der Waals surface area contributed by atoms with Crippen LogP contribution in [0.3, 0.4) is 0 Å². The van der Waals surface area contributed by atoms with Crippen LogP contribution in [-0.4, -0.2) is 113 Å². The number of nitrogens with one attached hydrogen (secondary N) is 4. The molecule has 45 heavy (non-hydrogen) atoms.